The van der Waals surface area contributed by atoms with Gasteiger partial charge in [-0.1, -0.05) is 18.6 Å². The minimum absolute atomic E-state index is 0.0582. The Morgan fingerprint density at radius 3 is 2.70 bits per heavy atom. The molecule has 0 aromatic heterocycles. The SMILES string of the molecule is C[C@H]1C[C@@](N)(S)[C@](C)(C[C@H](O)[C@@]2(F)CCCC3=CC(=O)C=C[C@@]32C)[C@@]1(O)[NH+]([O-])CO. The minimum atomic E-state index is -2.13. The number of hydroxylamine groups is 2. The highest BCUT2D eigenvalue weighted by Crippen LogP contribution is 2.60. The molecule has 3 rings (SSSR count). The molecule has 6 N–H and O–H groups in total. The third-order valence-corrected chi connectivity index (χ3v) is 8.92. The molecule has 2 saturated carbocycles. The zero-order chi connectivity index (χ0) is 22.8. The second kappa shape index (κ2) is 7.37. The van der Waals surface area contributed by atoms with E-state index in [2.05, 4.69) is 12.6 Å². The van der Waals surface area contributed by atoms with E-state index in [1.807, 2.05) is 0 Å². The van der Waals surface area contributed by atoms with Gasteiger partial charge in [0.2, 0.25) is 5.72 Å². The Labute approximate surface area is 181 Å². The van der Waals surface area contributed by atoms with Gasteiger partial charge in [-0.25, -0.2) is 4.39 Å². The fourth-order valence-electron chi connectivity index (χ4n) is 6.07. The maximum absolute atomic E-state index is 16.6. The van der Waals surface area contributed by atoms with Crippen molar-refractivity contribution in [3.8, 4) is 0 Å². The van der Waals surface area contributed by atoms with Gasteiger partial charge in [0.15, 0.2) is 12.5 Å². The maximum atomic E-state index is 16.6. The highest BCUT2D eigenvalue weighted by Gasteiger charge is 2.71. The van der Waals surface area contributed by atoms with Crippen molar-refractivity contribution in [3.63, 3.8) is 0 Å². The number of ketones is 1. The number of quaternary nitrogens is 1. The smallest absolute Gasteiger partial charge is 0.211 e. The maximum Gasteiger partial charge on any atom is 0.211 e. The third kappa shape index (κ3) is 2.97. The van der Waals surface area contributed by atoms with Crippen LogP contribution in [-0.4, -0.2) is 50.2 Å². The van der Waals surface area contributed by atoms with Crippen LogP contribution in [0, 0.1) is 22.0 Å². The van der Waals surface area contributed by atoms with Crippen LogP contribution in [0.15, 0.2) is 23.8 Å². The third-order valence-electron chi connectivity index (χ3n) is 8.24. The van der Waals surface area contributed by atoms with Crippen LogP contribution < -0.4 is 10.8 Å². The number of thiol groups is 1. The van der Waals surface area contributed by atoms with Crippen molar-refractivity contribution in [2.75, 3.05) is 6.73 Å². The molecule has 7 nitrogen and oxygen atoms in total. The predicted molar refractivity (Wildman–Crippen MR) is 113 cm³/mol. The molecule has 0 bridgehead atoms. The molecule has 30 heavy (non-hydrogen) atoms. The van der Waals surface area contributed by atoms with Crippen molar-refractivity contribution in [2.24, 2.45) is 22.5 Å². The molecule has 0 spiro atoms. The number of hydrogen-bond acceptors (Lipinski definition) is 7. The lowest BCUT2D eigenvalue weighted by molar-refractivity contribution is -0.964. The molecule has 0 aliphatic heterocycles. The van der Waals surface area contributed by atoms with Crippen LogP contribution >= 0.6 is 12.6 Å². The number of halogens is 1. The van der Waals surface area contributed by atoms with Gasteiger partial charge in [-0.3, -0.25) is 4.79 Å². The summed E-state index contributed by atoms with van der Waals surface area (Å²) in [6.45, 7) is 3.91. The molecule has 1 unspecified atom stereocenters. The number of nitrogens with one attached hydrogen (secondary N) is 1. The average Bonchev–Trinajstić information content (AvgIpc) is 2.80. The quantitative estimate of drug-likeness (QED) is 0.206. The van der Waals surface area contributed by atoms with Crippen LogP contribution in [0.2, 0.25) is 0 Å². The summed E-state index contributed by atoms with van der Waals surface area (Å²) < 4.78 is 16.6. The van der Waals surface area contributed by atoms with Gasteiger partial charge in [0.25, 0.3) is 0 Å². The van der Waals surface area contributed by atoms with Crippen molar-refractivity contribution in [3.05, 3.63) is 29.0 Å². The number of fused-ring (bicyclic) bond motifs is 1. The van der Waals surface area contributed by atoms with Gasteiger partial charge in [0, 0.05) is 11.3 Å². The van der Waals surface area contributed by atoms with E-state index in [1.165, 1.54) is 25.2 Å². The summed E-state index contributed by atoms with van der Waals surface area (Å²) in [5.74, 6) is -0.853. The van der Waals surface area contributed by atoms with E-state index in [1.54, 1.807) is 13.8 Å². The summed E-state index contributed by atoms with van der Waals surface area (Å²) in [7, 11) is 0. The van der Waals surface area contributed by atoms with Gasteiger partial charge in [-0.15, -0.1) is 0 Å². The van der Waals surface area contributed by atoms with Crippen molar-refractivity contribution in [1.82, 2.24) is 0 Å². The average molecular weight is 445 g/mol. The van der Waals surface area contributed by atoms with E-state index in [-0.39, 0.29) is 25.0 Å². The molecule has 0 amide bonds. The van der Waals surface area contributed by atoms with Crippen molar-refractivity contribution in [2.45, 2.75) is 75.2 Å². The van der Waals surface area contributed by atoms with Crippen molar-refractivity contribution in [1.29, 1.82) is 0 Å². The van der Waals surface area contributed by atoms with Crippen LogP contribution in [0.25, 0.3) is 0 Å². The first-order valence-corrected chi connectivity index (χ1v) is 10.8. The highest BCUT2D eigenvalue weighted by molar-refractivity contribution is 7.81. The number of hydrogen-bond donors (Lipinski definition) is 6. The molecule has 0 radical (unpaired) electrons. The van der Waals surface area contributed by atoms with Gasteiger partial charge in [-0.2, -0.15) is 12.6 Å². The van der Waals surface area contributed by atoms with Crippen LogP contribution in [-0.2, 0) is 4.79 Å². The zero-order valence-corrected chi connectivity index (χ0v) is 18.6. The van der Waals surface area contributed by atoms with Crippen molar-refractivity contribution < 1.29 is 29.6 Å². The standard InChI is InChI=1S/C21H33FN2O5S/c1-13-10-20(23,30)18(3,21(13,28)24(29)12-25)11-16(27)19(22)7-4-5-14-9-15(26)6-8-17(14,19)2/h6,8-9,13,16,24-25,27-28,30H,4-5,7,10-12,23H2,1-3H3/t13-,16-,17-,18-,19-,20+,21+/m0/s1. The van der Waals surface area contributed by atoms with Crippen molar-refractivity contribution >= 4 is 18.4 Å². The van der Waals surface area contributed by atoms with Crippen LogP contribution in [0.5, 0.6) is 0 Å². The molecule has 0 aromatic carbocycles. The number of aliphatic hydroxyl groups excluding tert-OH is 2. The summed E-state index contributed by atoms with van der Waals surface area (Å²) in [5.41, 5.74) is 0.118. The second-order valence-corrected chi connectivity index (χ2v) is 10.6. The van der Waals surface area contributed by atoms with E-state index in [9.17, 15) is 25.3 Å². The predicted octanol–water partition coefficient (Wildman–Crippen LogP) is 0.353. The van der Waals surface area contributed by atoms with E-state index in [0.717, 1.165) is 0 Å². The van der Waals surface area contributed by atoms with Crippen LogP contribution in [0.3, 0.4) is 0 Å². The Hall–Kier alpha value is -0.810. The Morgan fingerprint density at radius 2 is 2.10 bits per heavy atom. The first-order valence-electron chi connectivity index (χ1n) is 10.4. The summed E-state index contributed by atoms with van der Waals surface area (Å²) in [6, 6.07) is 0. The van der Waals surface area contributed by atoms with Gasteiger partial charge < -0.3 is 31.3 Å². The van der Waals surface area contributed by atoms with E-state index < -0.39 is 50.9 Å². The fraction of sp³-hybridized carbons (Fsp3) is 0.762. The number of aliphatic hydroxyl groups is 3. The lowest BCUT2D eigenvalue weighted by Crippen LogP contribution is -3.19. The lowest BCUT2D eigenvalue weighted by atomic mass is 9.57. The number of nitrogens with two attached hydrogens (primary N) is 1. The first-order chi connectivity index (χ1) is 13.7. The van der Waals surface area contributed by atoms with Gasteiger partial charge in [0.1, 0.15) is 5.67 Å². The number of alkyl halides is 1. The highest BCUT2D eigenvalue weighted by atomic mass is 32.1. The summed E-state index contributed by atoms with van der Waals surface area (Å²) in [6.07, 6.45) is 3.54. The van der Waals surface area contributed by atoms with Gasteiger partial charge >= 0.3 is 0 Å². The summed E-state index contributed by atoms with van der Waals surface area (Å²) in [5, 5.41) is 43.9. The Bertz CT molecular complexity index is 791. The van der Waals surface area contributed by atoms with E-state index >= 15 is 4.39 Å². The van der Waals surface area contributed by atoms with E-state index in [4.69, 9.17) is 5.73 Å². The summed E-state index contributed by atoms with van der Waals surface area (Å²) >= 11 is 4.51. The van der Waals surface area contributed by atoms with Gasteiger partial charge in [-0.05, 0) is 58.1 Å². The van der Waals surface area contributed by atoms with E-state index in [0.29, 0.717) is 18.4 Å². The number of allylic oxidation sites excluding steroid dienone is 4. The van der Waals surface area contributed by atoms with Gasteiger partial charge in [0.05, 0.1) is 16.4 Å². The first kappa shape index (κ1) is 23.8. The number of carbonyl (C=O) groups excluding carboxylic acids is 1. The second-order valence-electron chi connectivity index (χ2n) is 9.75. The number of carbonyl (C=O) groups is 1. The molecule has 9 heteroatoms. The molecule has 0 heterocycles. The van der Waals surface area contributed by atoms with Crippen LogP contribution in [0.1, 0.15) is 52.9 Å². The fourth-order valence-corrected chi connectivity index (χ4v) is 6.60. The molecule has 170 valence electrons. The minimum Gasteiger partial charge on any atom is -0.630 e. The largest absolute Gasteiger partial charge is 0.630 e. The lowest BCUT2D eigenvalue weighted by Gasteiger charge is -2.54. The summed E-state index contributed by atoms with van der Waals surface area (Å²) in [4.78, 5) is 10.4. The zero-order valence-electron chi connectivity index (χ0n) is 17.7. The molecular weight excluding hydrogens is 411 g/mol. The number of rotatable bonds is 5. The Balaban J connectivity index is 2.02. The molecule has 3 aliphatic rings. The van der Waals surface area contributed by atoms with Crippen LogP contribution in [0.4, 0.5) is 4.39 Å². The molecule has 0 aromatic rings. The molecule has 8 atom stereocenters. The monoisotopic (exact) mass is 444 g/mol. The topological polar surface area (TPSA) is 131 Å². The Morgan fingerprint density at radius 1 is 1.47 bits per heavy atom. The normalized spacial score (nSPS) is 48.3. The molecule has 3 aliphatic carbocycles. The molecule has 2 fully saturated rings. The molecule has 0 saturated heterocycles. The Kier molecular flexibility index (Phi) is 5.85. The molecular formula is C21H33FN2O5S.